The van der Waals surface area contributed by atoms with Gasteiger partial charge < -0.3 is 20.6 Å². The first-order chi connectivity index (χ1) is 7.29. The van der Waals surface area contributed by atoms with Gasteiger partial charge in [-0.2, -0.15) is 0 Å². The van der Waals surface area contributed by atoms with Crippen LogP contribution >= 0.6 is 7.60 Å². The van der Waals surface area contributed by atoms with Crippen molar-refractivity contribution in [1.82, 2.24) is 0 Å². The molecule has 94 valence electrons. The second-order valence-electron chi connectivity index (χ2n) is 3.55. The van der Waals surface area contributed by atoms with Gasteiger partial charge in [-0.1, -0.05) is 31.9 Å². The second kappa shape index (κ2) is 6.81. The fourth-order valence-electron chi connectivity index (χ4n) is 1.12. The van der Waals surface area contributed by atoms with Crippen LogP contribution in [0.1, 0.15) is 26.2 Å². The van der Waals surface area contributed by atoms with E-state index in [0.29, 0.717) is 12.8 Å². The van der Waals surface area contributed by atoms with Crippen LogP contribution in [0.15, 0.2) is 12.2 Å². The Morgan fingerprint density at radius 1 is 1.44 bits per heavy atom. The Hall–Kier alpha value is -0.680. The zero-order chi connectivity index (χ0) is 12.8. The maximum Gasteiger partial charge on any atom is 0.332 e. The van der Waals surface area contributed by atoms with Gasteiger partial charge in [-0.25, -0.2) is 0 Å². The number of carboxylic acid groups (broad SMARTS) is 1. The van der Waals surface area contributed by atoms with Crippen molar-refractivity contribution in [2.75, 3.05) is 0 Å². The summed E-state index contributed by atoms with van der Waals surface area (Å²) < 4.78 is 11.1. The third-order valence-electron chi connectivity index (χ3n) is 2.11. The Kier molecular flexibility index (Phi) is 6.52. The maximum absolute atomic E-state index is 11.1. The number of hydrogen-bond acceptors (Lipinski definition) is 3. The highest BCUT2D eigenvalue weighted by molar-refractivity contribution is 7.52. The second-order valence-corrected chi connectivity index (χ2v) is 5.39. The van der Waals surface area contributed by atoms with Crippen LogP contribution in [0.5, 0.6) is 0 Å². The van der Waals surface area contributed by atoms with Gasteiger partial charge in [0.25, 0.3) is 0 Å². The van der Waals surface area contributed by atoms with Crippen LogP contribution in [-0.2, 0) is 9.36 Å². The molecule has 0 aliphatic heterocycles. The smallest absolute Gasteiger partial charge is 0.332 e. The van der Waals surface area contributed by atoms with Crippen LogP contribution in [-0.4, -0.2) is 32.6 Å². The molecule has 7 heteroatoms. The molecule has 0 bridgehead atoms. The van der Waals surface area contributed by atoms with Gasteiger partial charge in [-0.15, -0.1) is 0 Å². The molecular formula is C9H18NO5P. The van der Waals surface area contributed by atoms with E-state index in [0.717, 1.165) is 12.5 Å². The maximum atomic E-state index is 11.1. The number of hydrogen-bond donors (Lipinski definition) is 4. The summed E-state index contributed by atoms with van der Waals surface area (Å²) in [6.45, 7) is 1.91. The lowest BCUT2D eigenvalue weighted by Gasteiger charge is -2.14. The van der Waals surface area contributed by atoms with Crippen LogP contribution in [0, 0.1) is 0 Å². The molecule has 2 unspecified atom stereocenters. The van der Waals surface area contributed by atoms with E-state index in [-0.39, 0.29) is 0 Å². The molecule has 6 nitrogen and oxygen atoms in total. The predicted octanol–water partition coefficient (Wildman–Crippen LogP) is 0.691. The molecule has 0 radical (unpaired) electrons. The molecule has 0 aliphatic rings. The molecule has 0 aromatic rings. The SMILES string of the molecule is CCCCC(/C=C\C(N)C(=O)O)P(=O)(O)O. The van der Waals surface area contributed by atoms with E-state index in [2.05, 4.69) is 0 Å². The molecule has 0 spiro atoms. The molecular weight excluding hydrogens is 233 g/mol. The largest absolute Gasteiger partial charge is 0.480 e. The van der Waals surface area contributed by atoms with Crippen molar-refractivity contribution in [3.05, 3.63) is 12.2 Å². The lowest BCUT2D eigenvalue weighted by atomic mass is 10.1. The van der Waals surface area contributed by atoms with Crippen molar-refractivity contribution in [3.8, 4) is 0 Å². The van der Waals surface area contributed by atoms with Gasteiger partial charge in [0.2, 0.25) is 0 Å². The molecule has 0 aliphatic carbocycles. The molecule has 0 saturated heterocycles. The highest BCUT2D eigenvalue weighted by Gasteiger charge is 2.25. The minimum atomic E-state index is -4.23. The molecule has 0 saturated carbocycles. The van der Waals surface area contributed by atoms with E-state index in [1.165, 1.54) is 6.08 Å². The van der Waals surface area contributed by atoms with Gasteiger partial charge >= 0.3 is 13.6 Å². The van der Waals surface area contributed by atoms with Crippen molar-refractivity contribution in [1.29, 1.82) is 0 Å². The third kappa shape index (κ3) is 6.02. The first kappa shape index (κ1) is 15.3. The average Bonchev–Trinajstić information content (AvgIpc) is 2.15. The fraction of sp³-hybridized carbons (Fsp3) is 0.667. The number of nitrogens with two attached hydrogens (primary N) is 1. The minimum Gasteiger partial charge on any atom is -0.480 e. The van der Waals surface area contributed by atoms with E-state index in [9.17, 15) is 9.36 Å². The highest BCUT2D eigenvalue weighted by atomic mass is 31.2. The molecule has 0 rings (SSSR count). The summed E-state index contributed by atoms with van der Waals surface area (Å²) >= 11 is 0. The molecule has 0 heterocycles. The normalized spacial score (nSPS) is 16.2. The highest BCUT2D eigenvalue weighted by Crippen LogP contribution is 2.44. The van der Waals surface area contributed by atoms with Crippen molar-refractivity contribution >= 4 is 13.6 Å². The number of carboxylic acids is 1. The molecule has 16 heavy (non-hydrogen) atoms. The van der Waals surface area contributed by atoms with Gasteiger partial charge in [-0.05, 0) is 6.42 Å². The first-order valence-electron chi connectivity index (χ1n) is 5.01. The Morgan fingerprint density at radius 3 is 2.38 bits per heavy atom. The monoisotopic (exact) mass is 251 g/mol. The van der Waals surface area contributed by atoms with Crippen molar-refractivity contribution in [3.63, 3.8) is 0 Å². The van der Waals surface area contributed by atoms with E-state index in [1.54, 1.807) is 0 Å². The summed E-state index contributed by atoms with van der Waals surface area (Å²) in [6.07, 6.45) is 4.12. The van der Waals surface area contributed by atoms with E-state index in [4.69, 9.17) is 20.6 Å². The topological polar surface area (TPSA) is 121 Å². The van der Waals surface area contributed by atoms with Crippen molar-refractivity contribution in [2.24, 2.45) is 5.73 Å². The predicted molar refractivity (Wildman–Crippen MR) is 60.1 cm³/mol. The zero-order valence-corrected chi connectivity index (χ0v) is 10.0. The van der Waals surface area contributed by atoms with Crippen LogP contribution in [0.2, 0.25) is 0 Å². The van der Waals surface area contributed by atoms with E-state index >= 15 is 0 Å². The Labute approximate surface area is 94.3 Å². The first-order valence-corrected chi connectivity index (χ1v) is 6.69. The summed E-state index contributed by atoms with van der Waals surface area (Å²) in [4.78, 5) is 28.5. The van der Waals surface area contributed by atoms with E-state index < -0.39 is 25.3 Å². The van der Waals surface area contributed by atoms with Gasteiger partial charge in [0, 0.05) is 0 Å². The molecule has 0 fully saturated rings. The summed E-state index contributed by atoms with van der Waals surface area (Å²) in [7, 11) is -4.23. The van der Waals surface area contributed by atoms with E-state index in [1.807, 2.05) is 6.92 Å². The molecule has 5 N–H and O–H groups in total. The number of allylic oxidation sites excluding steroid dienone is 1. The fourth-order valence-corrected chi connectivity index (χ4v) is 1.96. The summed E-state index contributed by atoms with van der Waals surface area (Å²) in [5, 5.41) is 8.50. The number of unbranched alkanes of at least 4 members (excludes halogenated alkanes) is 1. The van der Waals surface area contributed by atoms with Gasteiger partial charge in [-0.3, -0.25) is 9.36 Å². The third-order valence-corrected chi connectivity index (χ3v) is 3.41. The molecule has 0 aromatic carbocycles. The summed E-state index contributed by atoms with van der Waals surface area (Å²) in [5.74, 6) is -1.23. The lowest BCUT2D eigenvalue weighted by Crippen LogP contribution is -2.27. The van der Waals surface area contributed by atoms with Crippen LogP contribution in [0.3, 0.4) is 0 Å². The number of carbonyl (C=O) groups is 1. The average molecular weight is 251 g/mol. The van der Waals surface area contributed by atoms with Gasteiger partial charge in [0.05, 0.1) is 5.66 Å². The van der Waals surface area contributed by atoms with Crippen molar-refractivity contribution < 1.29 is 24.3 Å². The standard InChI is InChI=1S/C9H18NO5P/c1-2-3-4-7(16(13,14)15)5-6-8(10)9(11)12/h5-8H,2-4,10H2,1H3,(H,11,12)(H2,13,14,15)/b6-5-. The minimum absolute atomic E-state index is 0.323. The Balaban J connectivity index is 4.55. The van der Waals surface area contributed by atoms with Crippen LogP contribution in [0.4, 0.5) is 0 Å². The summed E-state index contributed by atoms with van der Waals surface area (Å²) in [6, 6.07) is -1.23. The zero-order valence-electron chi connectivity index (χ0n) is 9.11. The molecule has 0 amide bonds. The van der Waals surface area contributed by atoms with Crippen LogP contribution < -0.4 is 5.73 Å². The summed E-state index contributed by atoms with van der Waals surface area (Å²) in [5.41, 5.74) is 4.25. The van der Waals surface area contributed by atoms with Crippen molar-refractivity contribution in [2.45, 2.75) is 37.9 Å². The molecule has 0 aromatic heterocycles. The Bertz CT molecular complexity index is 298. The molecule has 2 atom stereocenters. The number of rotatable bonds is 7. The Morgan fingerprint density at radius 2 is 2.00 bits per heavy atom. The lowest BCUT2D eigenvalue weighted by molar-refractivity contribution is -0.137. The quantitative estimate of drug-likeness (QED) is 0.390. The van der Waals surface area contributed by atoms with Gasteiger partial charge in [0.1, 0.15) is 6.04 Å². The van der Waals surface area contributed by atoms with Gasteiger partial charge in [0.15, 0.2) is 0 Å². The number of aliphatic carboxylic acids is 1. The van der Waals surface area contributed by atoms with Crippen LogP contribution in [0.25, 0.3) is 0 Å².